The summed E-state index contributed by atoms with van der Waals surface area (Å²) in [5, 5.41) is 22.1. The topological polar surface area (TPSA) is 133 Å². The van der Waals surface area contributed by atoms with Crippen molar-refractivity contribution >= 4 is 50.0 Å². The molecule has 1 N–H and O–H groups in total. The summed E-state index contributed by atoms with van der Waals surface area (Å²) in [5.41, 5.74) is 1.13. The number of benzene rings is 2. The fourth-order valence-electron chi connectivity index (χ4n) is 2.63. The third-order valence-corrected chi connectivity index (χ3v) is 5.71. The van der Waals surface area contributed by atoms with Crippen molar-refractivity contribution in [3.05, 3.63) is 52.6 Å². The van der Waals surface area contributed by atoms with Gasteiger partial charge in [-0.3, -0.25) is 14.9 Å². The Balaban J connectivity index is 1.37. The number of rotatable bonds is 8. The number of hydrogen-bond acceptors (Lipinski definition) is 10. The van der Waals surface area contributed by atoms with Crippen molar-refractivity contribution in [2.45, 2.75) is 12.1 Å². The number of ether oxygens (including phenoxy) is 1. The van der Waals surface area contributed by atoms with Crippen LogP contribution in [0.15, 0.2) is 52.1 Å². The summed E-state index contributed by atoms with van der Waals surface area (Å²) in [4.78, 5) is 27.1. The van der Waals surface area contributed by atoms with Gasteiger partial charge in [-0.15, -0.1) is 10.2 Å². The van der Waals surface area contributed by atoms with Crippen LogP contribution >= 0.6 is 23.1 Å². The Kier molecular flexibility index (Phi) is 6.09. The van der Waals surface area contributed by atoms with Gasteiger partial charge in [0.2, 0.25) is 11.8 Å². The van der Waals surface area contributed by atoms with E-state index in [1.807, 2.05) is 25.1 Å². The molecule has 0 spiro atoms. The van der Waals surface area contributed by atoms with Gasteiger partial charge in [-0.05, 0) is 31.2 Å². The van der Waals surface area contributed by atoms with Crippen LogP contribution in [0, 0.1) is 10.1 Å². The molecule has 0 aliphatic rings. The number of hydrogen-bond donors (Lipinski definition) is 1. The monoisotopic (exact) mass is 457 g/mol. The zero-order valence-corrected chi connectivity index (χ0v) is 17.7. The largest absolute Gasteiger partial charge is 0.494 e. The number of fused-ring (bicyclic) bond motifs is 1. The standard InChI is InChI=1S/C19H15N5O5S2/c1-2-28-13-6-7-14-15(9-13)31-18(20-14)21-16(25)10-30-19-23-22-17(29-19)11-4-3-5-12(8-11)24(26)27/h3-9H,2,10H2,1H3,(H,20,21,25). The van der Waals surface area contributed by atoms with E-state index in [1.165, 1.54) is 29.5 Å². The van der Waals surface area contributed by atoms with Gasteiger partial charge in [-0.2, -0.15) is 0 Å². The lowest BCUT2D eigenvalue weighted by atomic mass is 10.2. The van der Waals surface area contributed by atoms with Crippen LogP contribution in [0.1, 0.15) is 6.92 Å². The Hall–Kier alpha value is -3.51. The van der Waals surface area contributed by atoms with Crippen molar-refractivity contribution in [2.24, 2.45) is 0 Å². The number of nitro groups is 1. The molecule has 2 aromatic heterocycles. The Labute approximate surface area is 183 Å². The van der Waals surface area contributed by atoms with Gasteiger partial charge in [0.1, 0.15) is 5.75 Å². The maximum atomic E-state index is 12.3. The highest BCUT2D eigenvalue weighted by Gasteiger charge is 2.15. The van der Waals surface area contributed by atoms with Gasteiger partial charge in [0.15, 0.2) is 5.13 Å². The molecule has 2 heterocycles. The molecule has 0 unspecified atom stereocenters. The molecule has 4 rings (SSSR count). The first-order chi connectivity index (χ1) is 15.0. The van der Waals surface area contributed by atoms with E-state index in [-0.39, 0.29) is 28.5 Å². The maximum Gasteiger partial charge on any atom is 0.277 e. The Bertz CT molecular complexity index is 1260. The van der Waals surface area contributed by atoms with Crippen LogP contribution in [0.4, 0.5) is 10.8 Å². The second kappa shape index (κ2) is 9.10. The first-order valence-corrected chi connectivity index (χ1v) is 10.9. The number of nitrogens with zero attached hydrogens (tertiary/aromatic N) is 4. The molecule has 0 radical (unpaired) electrons. The second-order valence-corrected chi connectivity index (χ2v) is 8.06. The minimum Gasteiger partial charge on any atom is -0.494 e. The minimum atomic E-state index is -0.500. The highest BCUT2D eigenvalue weighted by Crippen LogP contribution is 2.30. The smallest absolute Gasteiger partial charge is 0.277 e. The number of carbonyl (C=O) groups is 1. The molecule has 0 fully saturated rings. The first kappa shape index (κ1) is 20.8. The van der Waals surface area contributed by atoms with E-state index < -0.39 is 4.92 Å². The number of non-ortho nitro benzene ring substituents is 1. The molecule has 4 aromatic rings. The van der Waals surface area contributed by atoms with Crippen LogP contribution in [0.3, 0.4) is 0 Å². The van der Waals surface area contributed by atoms with Crippen molar-refractivity contribution in [1.82, 2.24) is 15.2 Å². The Morgan fingerprint density at radius 2 is 2.16 bits per heavy atom. The molecule has 0 saturated carbocycles. The zero-order valence-electron chi connectivity index (χ0n) is 16.1. The van der Waals surface area contributed by atoms with Gasteiger partial charge in [0.25, 0.3) is 10.9 Å². The highest BCUT2D eigenvalue weighted by atomic mass is 32.2. The summed E-state index contributed by atoms with van der Waals surface area (Å²) in [6.07, 6.45) is 0. The number of nitro benzene ring substituents is 1. The number of nitrogens with one attached hydrogen (secondary N) is 1. The number of amides is 1. The predicted molar refractivity (Wildman–Crippen MR) is 117 cm³/mol. The number of thiazole rings is 1. The van der Waals surface area contributed by atoms with E-state index >= 15 is 0 Å². The van der Waals surface area contributed by atoms with Crippen molar-refractivity contribution in [1.29, 1.82) is 0 Å². The van der Waals surface area contributed by atoms with Gasteiger partial charge in [-0.25, -0.2) is 4.98 Å². The van der Waals surface area contributed by atoms with Gasteiger partial charge in [-0.1, -0.05) is 29.2 Å². The van der Waals surface area contributed by atoms with Gasteiger partial charge in [0, 0.05) is 17.7 Å². The molecular weight excluding hydrogens is 442 g/mol. The summed E-state index contributed by atoms with van der Waals surface area (Å²) in [7, 11) is 0. The quantitative estimate of drug-likeness (QED) is 0.232. The molecule has 1 amide bonds. The van der Waals surface area contributed by atoms with E-state index in [2.05, 4.69) is 20.5 Å². The summed E-state index contributed by atoms with van der Waals surface area (Å²) >= 11 is 2.41. The van der Waals surface area contributed by atoms with E-state index in [0.717, 1.165) is 27.7 Å². The van der Waals surface area contributed by atoms with Crippen LogP contribution in [0.25, 0.3) is 21.7 Å². The summed E-state index contributed by atoms with van der Waals surface area (Å²) in [6.45, 7) is 2.49. The fourth-order valence-corrected chi connectivity index (χ4v) is 4.11. The molecule has 0 bridgehead atoms. The maximum absolute atomic E-state index is 12.3. The summed E-state index contributed by atoms with van der Waals surface area (Å²) in [5.74, 6) is 0.659. The number of aromatic nitrogens is 3. The second-order valence-electron chi connectivity index (χ2n) is 6.10. The Morgan fingerprint density at radius 1 is 1.29 bits per heavy atom. The molecule has 0 atom stereocenters. The average molecular weight is 457 g/mol. The van der Waals surface area contributed by atoms with Gasteiger partial charge >= 0.3 is 0 Å². The van der Waals surface area contributed by atoms with Gasteiger partial charge < -0.3 is 14.5 Å². The van der Waals surface area contributed by atoms with E-state index in [9.17, 15) is 14.9 Å². The third kappa shape index (κ3) is 4.98. The van der Waals surface area contributed by atoms with Gasteiger partial charge in [0.05, 0.1) is 27.5 Å². The number of anilines is 1. The summed E-state index contributed by atoms with van der Waals surface area (Å²) < 4.78 is 11.9. The predicted octanol–water partition coefficient (Wildman–Crippen LogP) is 4.38. The third-order valence-electron chi connectivity index (χ3n) is 3.95. The SMILES string of the molecule is CCOc1ccc2nc(NC(=O)CSc3nnc(-c4cccc([N+](=O)[O-])c4)o3)sc2c1. The van der Waals surface area contributed by atoms with Crippen LogP contribution in [0.2, 0.25) is 0 Å². The van der Waals surface area contributed by atoms with E-state index in [4.69, 9.17) is 9.15 Å². The molecule has 2 aromatic carbocycles. The van der Waals surface area contributed by atoms with Crippen molar-refractivity contribution < 1.29 is 18.9 Å². The molecule has 0 aliphatic heterocycles. The Morgan fingerprint density at radius 3 is 2.97 bits per heavy atom. The lowest BCUT2D eigenvalue weighted by molar-refractivity contribution is -0.384. The molecule has 31 heavy (non-hydrogen) atoms. The van der Waals surface area contributed by atoms with Crippen molar-refractivity contribution in [2.75, 3.05) is 17.7 Å². The molecular formula is C19H15N5O5S2. The van der Waals surface area contributed by atoms with Crippen LogP contribution < -0.4 is 10.1 Å². The average Bonchev–Trinajstić information content (AvgIpc) is 3.39. The van der Waals surface area contributed by atoms with Crippen molar-refractivity contribution in [3.8, 4) is 17.2 Å². The fraction of sp³-hybridized carbons (Fsp3) is 0.158. The molecule has 12 heteroatoms. The summed E-state index contributed by atoms with van der Waals surface area (Å²) in [6, 6.07) is 11.4. The molecule has 0 saturated heterocycles. The normalized spacial score (nSPS) is 10.9. The minimum absolute atomic E-state index is 0.0384. The van der Waals surface area contributed by atoms with Crippen LogP contribution in [0.5, 0.6) is 5.75 Å². The van der Waals surface area contributed by atoms with E-state index in [1.54, 1.807) is 6.07 Å². The molecule has 158 valence electrons. The van der Waals surface area contributed by atoms with E-state index in [0.29, 0.717) is 17.3 Å². The lowest BCUT2D eigenvalue weighted by Gasteiger charge is -2.00. The molecule has 10 nitrogen and oxygen atoms in total. The first-order valence-electron chi connectivity index (χ1n) is 9.06. The molecule has 0 aliphatic carbocycles. The number of thioether (sulfide) groups is 1. The van der Waals surface area contributed by atoms with Crippen LogP contribution in [-0.2, 0) is 4.79 Å². The van der Waals surface area contributed by atoms with Crippen LogP contribution in [-0.4, -0.2) is 38.4 Å². The van der Waals surface area contributed by atoms with Crippen molar-refractivity contribution in [3.63, 3.8) is 0 Å². The lowest BCUT2D eigenvalue weighted by Crippen LogP contribution is -2.13. The highest BCUT2D eigenvalue weighted by molar-refractivity contribution is 7.99. The zero-order chi connectivity index (χ0) is 21.8. The number of carbonyl (C=O) groups excluding carboxylic acids is 1.